The van der Waals surface area contributed by atoms with E-state index >= 15 is 0 Å². The normalized spacial score (nSPS) is 9.76. The van der Waals surface area contributed by atoms with Crippen molar-refractivity contribution in [1.82, 2.24) is 0 Å². The second-order valence-electron chi connectivity index (χ2n) is 4.42. The van der Waals surface area contributed by atoms with Crippen molar-refractivity contribution < 1.29 is 24.5 Å². The molecule has 0 spiro atoms. The molecule has 0 aliphatic rings. The second-order valence-corrected chi connectivity index (χ2v) is 6.08. The number of halogens is 4. The van der Waals surface area contributed by atoms with Crippen LogP contribution in [0.25, 0.3) is 0 Å². The van der Waals surface area contributed by atoms with Gasteiger partial charge >= 0.3 is 11.9 Å². The number of carboxylic acids is 2. The van der Waals surface area contributed by atoms with Gasteiger partial charge in [0.1, 0.15) is 5.75 Å². The van der Waals surface area contributed by atoms with Crippen LogP contribution in [0, 0.1) is 0 Å². The van der Waals surface area contributed by atoms with Gasteiger partial charge in [-0.3, -0.25) is 0 Å². The lowest BCUT2D eigenvalue weighted by atomic mass is 10.2. The molecule has 2 rings (SSSR count). The monoisotopic (exact) mass is 425 g/mol. The van der Waals surface area contributed by atoms with Gasteiger partial charge in [-0.25, -0.2) is 9.59 Å². The topological polar surface area (TPSA) is 110 Å². The van der Waals surface area contributed by atoms with Crippen LogP contribution in [0.4, 0.5) is 5.69 Å². The standard InChI is InChI=1S/C8H6Cl2O3.C7H5Cl2NO2/c9-5-1-2-7(6(10)3-5)13-4-8(11)12;8-3-1-4(7(11)12)6(9)5(10)2-3/h1-3H,4H2,(H,11,12);1-2H,10H2,(H,11,12). The van der Waals surface area contributed by atoms with Gasteiger partial charge in [0, 0.05) is 10.0 Å². The van der Waals surface area contributed by atoms with Crippen molar-refractivity contribution in [2.24, 2.45) is 0 Å². The van der Waals surface area contributed by atoms with E-state index in [1.807, 2.05) is 0 Å². The van der Waals surface area contributed by atoms with E-state index in [1.165, 1.54) is 24.3 Å². The SMILES string of the molecule is Nc1cc(Cl)cc(C(=O)O)c1Cl.O=C(O)COc1ccc(Cl)cc1Cl. The third kappa shape index (κ3) is 6.88. The molecule has 2 aromatic carbocycles. The number of aliphatic carboxylic acids is 1. The predicted octanol–water partition coefficient (Wildman–Crippen LogP) is 4.73. The molecular formula is C15H11Cl4NO5. The van der Waals surface area contributed by atoms with Crippen molar-refractivity contribution in [3.63, 3.8) is 0 Å². The molecule has 134 valence electrons. The molecule has 25 heavy (non-hydrogen) atoms. The van der Waals surface area contributed by atoms with Gasteiger partial charge in [-0.1, -0.05) is 46.4 Å². The number of carbonyl (C=O) groups is 2. The first-order chi connectivity index (χ1) is 11.6. The van der Waals surface area contributed by atoms with Gasteiger partial charge < -0.3 is 20.7 Å². The van der Waals surface area contributed by atoms with Crippen LogP contribution in [0.1, 0.15) is 10.4 Å². The molecule has 0 heterocycles. The van der Waals surface area contributed by atoms with Crippen molar-refractivity contribution in [3.8, 4) is 5.75 Å². The third-order valence-corrected chi connectivity index (χ3v) is 3.71. The molecule has 0 fully saturated rings. The quantitative estimate of drug-likeness (QED) is 0.609. The molecule has 0 saturated heterocycles. The molecule has 0 aliphatic carbocycles. The number of aromatic carboxylic acids is 1. The van der Waals surface area contributed by atoms with Gasteiger partial charge in [-0.15, -0.1) is 0 Å². The maximum Gasteiger partial charge on any atom is 0.341 e. The van der Waals surface area contributed by atoms with Gasteiger partial charge in [-0.2, -0.15) is 0 Å². The molecule has 0 unspecified atom stereocenters. The fourth-order valence-corrected chi connectivity index (χ4v) is 2.38. The minimum absolute atomic E-state index is 0.0203. The molecule has 10 heteroatoms. The van der Waals surface area contributed by atoms with Crippen molar-refractivity contribution in [1.29, 1.82) is 0 Å². The minimum Gasteiger partial charge on any atom is -0.480 e. The summed E-state index contributed by atoms with van der Waals surface area (Å²) < 4.78 is 4.86. The van der Waals surface area contributed by atoms with Crippen LogP contribution in [-0.2, 0) is 4.79 Å². The van der Waals surface area contributed by atoms with Crippen LogP contribution in [0.15, 0.2) is 30.3 Å². The van der Waals surface area contributed by atoms with E-state index in [4.69, 9.17) is 67.1 Å². The molecule has 4 N–H and O–H groups in total. The first-order valence-electron chi connectivity index (χ1n) is 6.39. The number of nitrogen functional groups attached to an aromatic ring is 1. The van der Waals surface area contributed by atoms with Gasteiger partial charge in [0.25, 0.3) is 0 Å². The van der Waals surface area contributed by atoms with Crippen molar-refractivity contribution in [3.05, 3.63) is 56.0 Å². The maximum atomic E-state index is 10.5. The number of rotatable bonds is 4. The molecule has 0 atom stereocenters. The highest BCUT2D eigenvalue weighted by atomic mass is 35.5. The van der Waals surface area contributed by atoms with E-state index in [-0.39, 0.29) is 21.3 Å². The number of hydrogen-bond donors (Lipinski definition) is 3. The average Bonchev–Trinajstić information content (AvgIpc) is 2.50. The fourth-order valence-electron chi connectivity index (χ4n) is 1.50. The smallest absolute Gasteiger partial charge is 0.341 e. The van der Waals surface area contributed by atoms with Crippen LogP contribution >= 0.6 is 46.4 Å². The van der Waals surface area contributed by atoms with E-state index in [9.17, 15) is 9.59 Å². The molecule has 0 amide bonds. The highest BCUT2D eigenvalue weighted by molar-refractivity contribution is 6.38. The Balaban J connectivity index is 0.000000251. The third-order valence-electron chi connectivity index (χ3n) is 2.54. The molecule has 0 radical (unpaired) electrons. The molecule has 6 nitrogen and oxygen atoms in total. The van der Waals surface area contributed by atoms with E-state index in [2.05, 4.69) is 0 Å². The summed E-state index contributed by atoms with van der Waals surface area (Å²) in [5.74, 6) is -1.88. The first kappa shape index (κ1) is 21.2. The Bertz CT molecular complexity index is 798. The van der Waals surface area contributed by atoms with Gasteiger partial charge in [-0.05, 0) is 30.3 Å². The van der Waals surface area contributed by atoms with Crippen LogP contribution in [-0.4, -0.2) is 28.8 Å². The number of hydrogen-bond acceptors (Lipinski definition) is 4. The second kappa shape index (κ2) is 9.58. The number of nitrogens with two attached hydrogens (primary N) is 1. The summed E-state index contributed by atoms with van der Waals surface area (Å²) in [6, 6.07) is 7.23. The highest BCUT2D eigenvalue weighted by Crippen LogP contribution is 2.28. The highest BCUT2D eigenvalue weighted by Gasteiger charge is 2.12. The Morgan fingerprint density at radius 3 is 2.16 bits per heavy atom. The largest absolute Gasteiger partial charge is 0.480 e. The van der Waals surface area contributed by atoms with E-state index in [0.29, 0.717) is 15.8 Å². The van der Waals surface area contributed by atoms with Gasteiger partial charge in [0.05, 0.1) is 21.3 Å². The van der Waals surface area contributed by atoms with Crippen LogP contribution in [0.2, 0.25) is 20.1 Å². The van der Waals surface area contributed by atoms with Gasteiger partial charge in [0.2, 0.25) is 0 Å². The Hall–Kier alpha value is -1.86. The Labute approximate surface area is 162 Å². The van der Waals surface area contributed by atoms with Gasteiger partial charge in [0.15, 0.2) is 6.61 Å². The lowest BCUT2D eigenvalue weighted by molar-refractivity contribution is -0.139. The average molecular weight is 427 g/mol. The first-order valence-corrected chi connectivity index (χ1v) is 7.90. The minimum atomic E-state index is -1.14. The zero-order valence-corrected chi connectivity index (χ0v) is 15.3. The van der Waals surface area contributed by atoms with Crippen LogP contribution < -0.4 is 10.5 Å². The van der Waals surface area contributed by atoms with Crippen molar-refractivity contribution in [2.75, 3.05) is 12.3 Å². The Morgan fingerprint density at radius 1 is 1.00 bits per heavy atom. The summed E-state index contributed by atoms with van der Waals surface area (Å²) >= 11 is 22.5. The van der Waals surface area contributed by atoms with Crippen LogP contribution in [0.5, 0.6) is 5.75 Å². The number of carboxylic acid groups (broad SMARTS) is 2. The summed E-state index contributed by atoms with van der Waals surface area (Å²) in [5.41, 5.74) is 5.47. The fraction of sp³-hybridized carbons (Fsp3) is 0.0667. The maximum absolute atomic E-state index is 10.5. The summed E-state index contributed by atoms with van der Waals surface area (Å²) in [6.07, 6.45) is 0. The molecular weight excluding hydrogens is 416 g/mol. The summed E-state index contributed by atoms with van der Waals surface area (Å²) in [7, 11) is 0. The zero-order chi connectivity index (χ0) is 19.1. The summed E-state index contributed by atoms with van der Waals surface area (Å²) in [5, 5.41) is 18.0. The Morgan fingerprint density at radius 2 is 1.64 bits per heavy atom. The number of benzene rings is 2. The molecule has 2 aromatic rings. The molecule has 0 aliphatic heterocycles. The molecule has 0 aromatic heterocycles. The number of ether oxygens (including phenoxy) is 1. The molecule has 0 saturated carbocycles. The lowest BCUT2D eigenvalue weighted by Gasteiger charge is -2.04. The van der Waals surface area contributed by atoms with Crippen LogP contribution in [0.3, 0.4) is 0 Å². The van der Waals surface area contributed by atoms with E-state index in [1.54, 1.807) is 6.07 Å². The van der Waals surface area contributed by atoms with Crippen molar-refractivity contribution in [2.45, 2.75) is 0 Å². The molecule has 0 bridgehead atoms. The van der Waals surface area contributed by atoms with E-state index < -0.39 is 18.5 Å². The van der Waals surface area contributed by atoms with E-state index in [0.717, 1.165) is 0 Å². The lowest BCUT2D eigenvalue weighted by Crippen LogP contribution is -2.09. The zero-order valence-electron chi connectivity index (χ0n) is 12.3. The Kier molecular flexibility index (Phi) is 8.12. The predicted molar refractivity (Wildman–Crippen MR) is 97.4 cm³/mol. The number of anilines is 1. The summed E-state index contributed by atoms with van der Waals surface area (Å²) in [6.45, 7) is -0.415. The summed E-state index contributed by atoms with van der Waals surface area (Å²) in [4.78, 5) is 20.7. The van der Waals surface area contributed by atoms with Crippen molar-refractivity contribution >= 4 is 64.0 Å².